The molecule has 8 heteroatoms. The molecule has 150 valence electrons. The third kappa shape index (κ3) is 3.56. The Morgan fingerprint density at radius 2 is 2.04 bits per heavy atom. The van der Waals surface area contributed by atoms with E-state index in [1.54, 1.807) is 0 Å². The van der Waals surface area contributed by atoms with E-state index in [-0.39, 0.29) is 35.3 Å². The number of hydrogen-bond acceptors (Lipinski definition) is 4. The molecule has 1 aromatic carbocycles. The van der Waals surface area contributed by atoms with Crippen molar-refractivity contribution in [3.63, 3.8) is 0 Å². The van der Waals surface area contributed by atoms with E-state index < -0.39 is 0 Å². The van der Waals surface area contributed by atoms with Crippen molar-refractivity contribution in [2.24, 2.45) is 5.73 Å². The van der Waals surface area contributed by atoms with Gasteiger partial charge in [0.2, 0.25) is 0 Å². The van der Waals surface area contributed by atoms with E-state index in [1.165, 1.54) is 11.9 Å². The maximum atomic E-state index is 12.9. The molecule has 28 heavy (non-hydrogen) atoms. The van der Waals surface area contributed by atoms with Crippen LogP contribution in [0, 0.1) is 0 Å². The minimum atomic E-state index is -0.209. The summed E-state index contributed by atoms with van der Waals surface area (Å²) in [6.45, 7) is 1.13. The summed E-state index contributed by atoms with van der Waals surface area (Å²) in [6, 6.07) is 8.10. The lowest BCUT2D eigenvalue weighted by atomic mass is 9.68. The third-order valence-corrected chi connectivity index (χ3v) is 6.43. The van der Waals surface area contributed by atoms with Crippen LogP contribution in [0.5, 0.6) is 0 Å². The zero-order chi connectivity index (χ0) is 19.0. The van der Waals surface area contributed by atoms with Gasteiger partial charge in [-0.3, -0.25) is 9.59 Å². The van der Waals surface area contributed by atoms with Gasteiger partial charge in [-0.1, -0.05) is 23.7 Å². The molecule has 1 aromatic heterocycles. The van der Waals surface area contributed by atoms with Gasteiger partial charge in [-0.15, -0.1) is 12.4 Å². The number of fused-ring (bicyclic) bond motifs is 1. The lowest BCUT2D eigenvalue weighted by Crippen LogP contribution is -2.50. The van der Waals surface area contributed by atoms with E-state index >= 15 is 0 Å². The lowest BCUT2D eigenvalue weighted by molar-refractivity contribution is 0.0566. The SMILES string of the molecule is Cl.NCC1(c2cccc(Cl)c2)CCC(N2CCc3c(nc[nH]c3=O)C2=O)CC1. The fourth-order valence-electron chi connectivity index (χ4n) is 4.56. The largest absolute Gasteiger partial charge is 0.334 e. The molecule has 0 atom stereocenters. The van der Waals surface area contributed by atoms with Crippen LogP contribution in [0.4, 0.5) is 0 Å². The average Bonchev–Trinajstić information content (AvgIpc) is 2.69. The Kier molecular flexibility index (Phi) is 6.12. The second kappa shape index (κ2) is 8.23. The number of amides is 1. The first kappa shape index (κ1) is 20.8. The number of halogens is 2. The van der Waals surface area contributed by atoms with Crippen LogP contribution in [0.3, 0.4) is 0 Å². The number of benzene rings is 1. The Morgan fingerprint density at radius 3 is 2.71 bits per heavy atom. The molecule has 0 bridgehead atoms. The Balaban J connectivity index is 0.00000225. The van der Waals surface area contributed by atoms with E-state index in [4.69, 9.17) is 17.3 Å². The van der Waals surface area contributed by atoms with Crippen LogP contribution in [0.2, 0.25) is 5.02 Å². The van der Waals surface area contributed by atoms with Gasteiger partial charge in [-0.2, -0.15) is 0 Å². The molecular formula is C20H24Cl2N4O2. The monoisotopic (exact) mass is 422 g/mol. The standard InChI is InChI=1S/C20H23ClN4O2.ClH/c21-14-3-1-2-13(10-14)20(11-22)7-4-15(5-8-20)25-9-6-16-17(19(25)27)23-12-24-18(16)26;/h1-3,10,12,15H,4-9,11,22H2,(H,23,24,26);1H. The first-order valence-electron chi connectivity index (χ1n) is 9.38. The van der Waals surface area contributed by atoms with Crippen molar-refractivity contribution < 1.29 is 4.79 Å². The maximum Gasteiger partial charge on any atom is 0.273 e. The first-order valence-corrected chi connectivity index (χ1v) is 9.75. The number of rotatable bonds is 3. The molecule has 1 fully saturated rings. The zero-order valence-electron chi connectivity index (χ0n) is 15.5. The molecule has 1 amide bonds. The van der Waals surface area contributed by atoms with Crippen LogP contribution in [0.1, 0.15) is 47.3 Å². The highest BCUT2D eigenvalue weighted by Gasteiger charge is 2.40. The van der Waals surface area contributed by atoms with Gasteiger partial charge in [-0.25, -0.2) is 4.98 Å². The minimum absolute atomic E-state index is 0. The van der Waals surface area contributed by atoms with E-state index in [9.17, 15) is 9.59 Å². The molecule has 1 aliphatic carbocycles. The van der Waals surface area contributed by atoms with Gasteiger partial charge in [0, 0.05) is 29.6 Å². The average molecular weight is 423 g/mol. The smallest absolute Gasteiger partial charge is 0.273 e. The van der Waals surface area contributed by atoms with Crippen LogP contribution in [-0.4, -0.2) is 39.9 Å². The fraction of sp³-hybridized carbons (Fsp3) is 0.450. The van der Waals surface area contributed by atoms with E-state index in [1.807, 2.05) is 23.1 Å². The Morgan fingerprint density at radius 1 is 1.29 bits per heavy atom. The van der Waals surface area contributed by atoms with Gasteiger partial charge in [0.05, 0.1) is 11.9 Å². The molecule has 2 aromatic rings. The summed E-state index contributed by atoms with van der Waals surface area (Å²) in [4.78, 5) is 33.4. The van der Waals surface area contributed by atoms with Gasteiger partial charge >= 0.3 is 0 Å². The number of aromatic amines is 1. The highest BCUT2D eigenvalue weighted by atomic mass is 35.5. The van der Waals surface area contributed by atoms with Crippen molar-refractivity contribution in [3.8, 4) is 0 Å². The Labute approximate surface area is 174 Å². The van der Waals surface area contributed by atoms with E-state index in [2.05, 4.69) is 16.0 Å². The number of nitrogens with one attached hydrogen (secondary N) is 1. The number of aromatic nitrogens is 2. The van der Waals surface area contributed by atoms with Crippen LogP contribution >= 0.6 is 24.0 Å². The highest BCUT2D eigenvalue weighted by Crippen LogP contribution is 2.41. The van der Waals surface area contributed by atoms with Crippen LogP contribution in [0.15, 0.2) is 35.4 Å². The number of carbonyl (C=O) groups excluding carboxylic acids is 1. The molecule has 2 heterocycles. The van der Waals surface area contributed by atoms with Crippen LogP contribution < -0.4 is 11.3 Å². The highest BCUT2D eigenvalue weighted by molar-refractivity contribution is 6.30. The Hall–Kier alpha value is -1.89. The summed E-state index contributed by atoms with van der Waals surface area (Å²) in [5.74, 6) is -0.129. The summed E-state index contributed by atoms with van der Waals surface area (Å²) in [6.07, 6.45) is 5.45. The predicted octanol–water partition coefficient (Wildman–Crippen LogP) is 2.68. The summed E-state index contributed by atoms with van der Waals surface area (Å²) < 4.78 is 0. The number of H-pyrrole nitrogens is 1. The number of nitrogens with zero attached hydrogens (tertiary/aromatic N) is 2. The zero-order valence-corrected chi connectivity index (χ0v) is 17.1. The van der Waals surface area contributed by atoms with Gasteiger partial charge in [-0.05, 0) is 49.8 Å². The van der Waals surface area contributed by atoms with E-state index in [0.717, 1.165) is 30.7 Å². The van der Waals surface area contributed by atoms with Crippen molar-refractivity contribution >= 4 is 29.9 Å². The van der Waals surface area contributed by atoms with Crippen molar-refractivity contribution in [1.29, 1.82) is 0 Å². The van der Waals surface area contributed by atoms with Crippen molar-refractivity contribution in [3.05, 3.63) is 62.8 Å². The topological polar surface area (TPSA) is 92.1 Å². The molecule has 0 saturated heterocycles. The maximum absolute atomic E-state index is 12.9. The van der Waals surface area contributed by atoms with Gasteiger partial charge in [0.15, 0.2) is 0 Å². The van der Waals surface area contributed by atoms with Crippen molar-refractivity contribution in [2.45, 2.75) is 43.6 Å². The first-order chi connectivity index (χ1) is 13.0. The molecule has 0 radical (unpaired) electrons. The summed E-state index contributed by atoms with van der Waals surface area (Å²) in [5.41, 5.74) is 7.87. The van der Waals surface area contributed by atoms with E-state index in [0.29, 0.717) is 30.8 Å². The van der Waals surface area contributed by atoms with Gasteiger partial charge < -0.3 is 15.6 Å². The van der Waals surface area contributed by atoms with Crippen molar-refractivity contribution in [2.75, 3.05) is 13.1 Å². The fourth-order valence-corrected chi connectivity index (χ4v) is 4.75. The van der Waals surface area contributed by atoms with Gasteiger partial charge in [0.25, 0.3) is 11.5 Å². The molecular weight excluding hydrogens is 399 g/mol. The third-order valence-electron chi connectivity index (χ3n) is 6.20. The molecule has 0 spiro atoms. The van der Waals surface area contributed by atoms with Crippen LogP contribution in [-0.2, 0) is 11.8 Å². The quantitative estimate of drug-likeness (QED) is 0.794. The predicted molar refractivity (Wildman–Crippen MR) is 111 cm³/mol. The molecule has 4 rings (SSSR count). The summed E-state index contributed by atoms with van der Waals surface area (Å²) in [5, 5.41) is 0.724. The van der Waals surface area contributed by atoms with Crippen molar-refractivity contribution in [1.82, 2.24) is 14.9 Å². The summed E-state index contributed by atoms with van der Waals surface area (Å²) in [7, 11) is 0. The second-order valence-electron chi connectivity index (χ2n) is 7.53. The number of nitrogens with two attached hydrogens (primary N) is 1. The molecule has 2 aliphatic rings. The second-order valence-corrected chi connectivity index (χ2v) is 7.97. The van der Waals surface area contributed by atoms with Gasteiger partial charge in [0.1, 0.15) is 5.69 Å². The Bertz CT molecular complexity index is 922. The minimum Gasteiger partial charge on any atom is -0.334 e. The summed E-state index contributed by atoms with van der Waals surface area (Å²) >= 11 is 6.18. The normalized spacial score (nSPS) is 24.4. The molecule has 1 aliphatic heterocycles. The number of carbonyl (C=O) groups is 1. The lowest BCUT2D eigenvalue weighted by Gasteiger charge is -2.44. The molecule has 3 N–H and O–H groups in total. The van der Waals surface area contributed by atoms with Crippen LogP contribution in [0.25, 0.3) is 0 Å². The molecule has 6 nitrogen and oxygen atoms in total. The molecule has 1 saturated carbocycles. The molecule has 0 unspecified atom stereocenters. The number of hydrogen-bond donors (Lipinski definition) is 2.